The van der Waals surface area contributed by atoms with Crippen LogP contribution in [0.2, 0.25) is 0 Å². The summed E-state index contributed by atoms with van der Waals surface area (Å²) in [4.78, 5) is 8.96. The minimum atomic E-state index is 0.506. The van der Waals surface area contributed by atoms with Crippen molar-refractivity contribution in [3.05, 3.63) is 48.5 Å². The first-order valence-corrected chi connectivity index (χ1v) is 10.2. The first-order chi connectivity index (χ1) is 13.9. The van der Waals surface area contributed by atoms with Crippen molar-refractivity contribution < 1.29 is 0 Å². The van der Waals surface area contributed by atoms with E-state index in [-0.39, 0.29) is 0 Å². The summed E-state index contributed by atoms with van der Waals surface area (Å²) < 4.78 is 0. The van der Waals surface area contributed by atoms with Crippen LogP contribution in [0, 0.1) is 0 Å². The summed E-state index contributed by atoms with van der Waals surface area (Å²) >= 11 is 0. The third-order valence-electron chi connectivity index (χ3n) is 5.77. The second-order valence-corrected chi connectivity index (χ2v) is 7.65. The first-order valence-electron chi connectivity index (χ1n) is 10.2. The van der Waals surface area contributed by atoms with E-state index in [0.29, 0.717) is 5.92 Å². The summed E-state index contributed by atoms with van der Waals surface area (Å²) in [5.41, 5.74) is 3.99. The van der Waals surface area contributed by atoms with Crippen LogP contribution >= 0.6 is 0 Å². The lowest BCUT2D eigenvalue weighted by Gasteiger charge is -2.16. The van der Waals surface area contributed by atoms with Gasteiger partial charge in [0.25, 0.3) is 0 Å². The molecule has 6 heteroatoms. The van der Waals surface area contributed by atoms with E-state index in [0.717, 1.165) is 39.4 Å². The largest absolute Gasteiger partial charge is 0.277 e. The van der Waals surface area contributed by atoms with Gasteiger partial charge >= 0.3 is 0 Å². The minimum absolute atomic E-state index is 0.506. The highest BCUT2D eigenvalue weighted by Crippen LogP contribution is 2.32. The molecule has 0 bridgehead atoms. The summed E-state index contributed by atoms with van der Waals surface area (Å²) in [6.07, 6.45) is 12.6. The number of rotatable bonds is 3. The van der Waals surface area contributed by atoms with E-state index in [1.54, 1.807) is 12.4 Å². The van der Waals surface area contributed by atoms with E-state index in [1.165, 1.54) is 44.9 Å². The van der Waals surface area contributed by atoms with E-state index in [9.17, 15) is 0 Å². The predicted molar refractivity (Wildman–Crippen MR) is 110 cm³/mol. The lowest BCUT2D eigenvalue weighted by atomic mass is 9.91. The van der Waals surface area contributed by atoms with Gasteiger partial charge in [-0.2, -0.15) is 10.2 Å². The molecule has 0 aliphatic heterocycles. The number of nitrogens with one attached hydrogen (secondary N) is 2. The molecule has 1 aliphatic carbocycles. The molecule has 4 aromatic rings. The molecule has 1 aliphatic rings. The Morgan fingerprint density at radius 1 is 0.786 bits per heavy atom. The third kappa shape index (κ3) is 3.30. The molecule has 1 saturated carbocycles. The molecule has 5 rings (SSSR count). The summed E-state index contributed by atoms with van der Waals surface area (Å²) in [6.45, 7) is 0. The number of H-pyrrole nitrogens is 2. The predicted octanol–water partition coefficient (Wildman–Crippen LogP) is 5.24. The van der Waals surface area contributed by atoms with Crippen LogP contribution in [-0.4, -0.2) is 30.4 Å². The number of hydrogen-bond acceptors (Lipinski definition) is 4. The zero-order valence-electron chi connectivity index (χ0n) is 15.9. The molecule has 28 heavy (non-hydrogen) atoms. The molecule has 142 valence electrons. The van der Waals surface area contributed by atoms with E-state index in [2.05, 4.69) is 37.5 Å². The lowest BCUT2D eigenvalue weighted by Crippen LogP contribution is -2.04. The van der Waals surface area contributed by atoms with Crippen molar-refractivity contribution in [2.45, 2.75) is 50.9 Å². The fourth-order valence-electron chi connectivity index (χ4n) is 4.20. The van der Waals surface area contributed by atoms with Crippen LogP contribution < -0.4 is 0 Å². The summed E-state index contributed by atoms with van der Waals surface area (Å²) in [5.74, 6) is 2.31. The van der Waals surface area contributed by atoms with E-state index < -0.39 is 0 Å². The van der Waals surface area contributed by atoms with Gasteiger partial charge in [-0.05, 0) is 43.2 Å². The molecule has 3 aromatic heterocycles. The van der Waals surface area contributed by atoms with Gasteiger partial charge in [-0.15, -0.1) is 0 Å². The number of benzene rings is 1. The van der Waals surface area contributed by atoms with Gasteiger partial charge in [0, 0.05) is 34.8 Å². The average molecular weight is 372 g/mol. The maximum Gasteiger partial charge on any atom is 0.181 e. The van der Waals surface area contributed by atoms with Crippen LogP contribution in [0.4, 0.5) is 0 Å². The summed E-state index contributed by atoms with van der Waals surface area (Å²) in [7, 11) is 0. The number of aromatic amines is 2. The van der Waals surface area contributed by atoms with E-state index >= 15 is 0 Å². The molecule has 1 fully saturated rings. The molecule has 1 aromatic carbocycles. The second kappa shape index (κ2) is 7.54. The Balaban J connectivity index is 1.47. The van der Waals surface area contributed by atoms with Crippen LogP contribution in [0.15, 0.2) is 42.7 Å². The van der Waals surface area contributed by atoms with Crippen molar-refractivity contribution in [2.75, 3.05) is 0 Å². The Labute approximate surface area is 163 Å². The number of fused-ring (bicyclic) bond motifs is 1. The van der Waals surface area contributed by atoms with Gasteiger partial charge in [0.15, 0.2) is 5.82 Å². The highest BCUT2D eigenvalue weighted by atomic mass is 15.2. The number of hydrogen-bond donors (Lipinski definition) is 2. The van der Waals surface area contributed by atoms with Gasteiger partial charge in [-0.25, -0.2) is 4.98 Å². The maximum absolute atomic E-state index is 4.86. The summed E-state index contributed by atoms with van der Waals surface area (Å²) in [5, 5.41) is 16.4. The topological polar surface area (TPSA) is 83.1 Å². The Morgan fingerprint density at radius 3 is 2.39 bits per heavy atom. The van der Waals surface area contributed by atoms with Crippen LogP contribution in [0.1, 0.15) is 56.7 Å². The Hall–Kier alpha value is -3.02. The van der Waals surface area contributed by atoms with Crippen LogP contribution in [0.25, 0.3) is 33.5 Å². The number of aromatic nitrogens is 6. The van der Waals surface area contributed by atoms with Gasteiger partial charge in [0.2, 0.25) is 0 Å². The molecule has 0 spiro atoms. The highest BCUT2D eigenvalue weighted by molar-refractivity contribution is 5.95. The SMILES string of the molecule is c1cc(-c2n[nH]c3ccc(-c4n[nH]c(C5CCCCCCC5)n4)cc23)ccn1. The molecule has 6 nitrogen and oxygen atoms in total. The standard InChI is InChI=1S/C22H24N6/c1-2-4-6-16(7-5-3-1)21-24-22(28-27-21)17-8-9-19-18(14-17)20(26-25-19)15-10-12-23-13-11-15/h8-14,16H,1-7H2,(H,25,26)(H,24,27,28). The molecule has 0 unspecified atom stereocenters. The molecular weight excluding hydrogens is 348 g/mol. The Morgan fingerprint density at radius 2 is 1.57 bits per heavy atom. The van der Waals surface area contributed by atoms with Crippen molar-refractivity contribution in [3.8, 4) is 22.6 Å². The fraction of sp³-hybridized carbons (Fsp3) is 0.364. The van der Waals surface area contributed by atoms with Crippen LogP contribution in [0.3, 0.4) is 0 Å². The van der Waals surface area contributed by atoms with Gasteiger partial charge < -0.3 is 0 Å². The van der Waals surface area contributed by atoms with Crippen molar-refractivity contribution in [1.29, 1.82) is 0 Å². The molecule has 2 N–H and O–H groups in total. The minimum Gasteiger partial charge on any atom is -0.277 e. The average Bonchev–Trinajstić information content (AvgIpc) is 3.35. The van der Waals surface area contributed by atoms with Crippen molar-refractivity contribution in [1.82, 2.24) is 30.4 Å². The van der Waals surface area contributed by atoms with Crippen LogP contribution in [-0.2, 0) is 0 Å². The molecular formula is C22H24N6. The van der Waals surface area contributed by atoms with Crippen molar-refractivity contribution in [3.63, 3.8) is 0 Å². The van der Waals surface area contributed by atoms with Gasteiger partial charge in [0.1, 0.15) is 11.5 Å². The first kappa shape index (κ1) is 17.1. The third-order valence-corrected chi connectivity index (χ3v) is 5.77. The monoisotopic (exact) mass is 372 g/mol. The van der Waals surface area contributed by atoms with E-state index in [1.807, 2.05) is 18.2 Å². The lowest BCUT2D eigenvalue weighted by molar-refractivity contribution is 0.443. The van der Waals surface area contributed by atoms with Gasteiger partial charge in [-0.3, -0.25) is 15.2 Å². The normalized spacial score (nSPS) is 16.1. The molecule has 0 amide bonds. The zero-order valence-corrected chi connectivity index (χ0v) is 15.9. The quantitative estimate of drug-likeness (QED) is 0.515. The van der Waals surface area contributed by atoms with E-state index in [4.69, 9.17) is 4.98 Å². The smallest absolute Gasteiger partial charge is 0.181 e. The van der Waals surface area contributed by atoms with Crippen molar-refractivity contribution >= 4 is 10.9 Å². The molecule has 0 saturated heterocycles. The molecule has 3 heterocycles. The second-order valence-electron chi connectivity index (χ2n) is 7.65. The highest BCUT2D eigenvalue weighted by Gasteiger charge is 2.18. The Kier molecular flexibility index (Phi) is 4.61. The summed E-state index contributed by atoms with van der Waals surface area (Å²) in [6, 6.07) is 10.2. The zero-order chi connectivity index (χ0) is 18.8. The molecule has 0 radical (unpaired) electrons. The van der Waals surface area contributed by atoms with Gasteiger partial charge in [0.05, 0.1) is 5.52 Å². The number of nitrogens with zero attached hydrogens (tertiary/aromatic N) is 4. The maximum atomic E-state index is 4.86. The fourth-order valence-corrected chi connectivity index (χ4v) is 4.20. The Bertz CT molecular complexity index is 1060. The van der Waals surface area contributed by atoms with Gasteiger partial charge in [-0.1, -0.05) is 32.1 Å². The van der Waals surface area contributed by atoms with Crippen molar-refractivity contribution in [2.24, 2.45) is 0 Å². The number of pyridine rings is 1. The van der Waals surface area contributed by atoms with Crippen LogP contribution in [0.5, 0.6) is 0 Å². The molecule has 0 atom stereocenters.